The first-order valence-corrected chi connectivity index (χ1v) is 7.54. The minimum absolute atomic E-state index is 0. The van der Waals surface area contributed by atoms with Crippen molar-refractivity contribution in [2.45, 2.75) is 13.3 Å². The first-order valence-electron chi connectivity index (χ1n) is 7.54. The number of nitrogens with one attached hydrogen (secondary N) is 2. The molecule has 1 amide bonds. The quantitative estimate of drug-likeness (QED) is 0.463. The molecule has 2 rings (SSSR count). The Balaban J connectivity index is 0.00000264. The lowest BCUT2D eigenvalue weighted by atomic mass is 10.1. The van der Waals surface area contributed by atoms with Gasteiger partial charge in [0.25, 0.3) is 11.6 Å². The van der Waals surface area contributed by atoms with Crippen LogP contribution in [0.3, 0.4) is 0 Å². The molecular weight excluding hydrogens is 320 g/mol. The van der Waals surface area contributed by atoms with E-state index in [9.17, 15) is 14.9 Å². The van der Waals surface area contributed by atoms with Crippen LogP contribution >= 0.6 is 12.4 Å². The van der Waals surface area contributed by atoms with Crippen molar-refractivity contribution in [3.8, 4) is 0 Å². The van der Waals surface area contributed by atoms with Gasteiger partial charge in [-0.25, -0.2) is 0 Å². The van der Waals surface area contributed by atoms with Gasteiger partial charge >= 0.3 is 0 Å². The van der Waals surface area contributed by atoms with Gasteiger partial charge in [0.2, 0.25) is 0 Å². The van der Waals surface area contributed by atoms with Crippen LogP contribution in [0.1, 0.15) is 22.3 Å². The number of piperazine rings is 1. The summed E-state index contributed by atoms with van der Waals surface area (Å²) in [5, 5.41) is 17.1. The minimum Gasteiger partial charge on any atom is -0.352 e. The average Bonchev–Trinajstić information content (AvgIpc) is 2.52. The maximum atomic E-state index is 12.1. The van der Waals surface area contributed by atoms with Crippen molar-refractivity contribution in [3.63, 3.8) is 0 Å². The third kappa shape index (κ3) is 5.78. The second-order valence-electron chi connectivity index (χ2n) is 5.48. The molecule has 0 spiro atoms. The number of halogens is 1. The molecule has 0 radical (unpaired) electrons. The van der Waals surface area contributed by atoms with Gasteiger partial charge in [-0.3, -0.25) is 14.9 Å². The Bertz CT molecular complexity index is 548. The van der Waals surface area contributed by atoms with Crippen LogP contribution in [0.25, 0.3) is 0 Å². The third-order valence-corrected chi connectivity index (χ3v) is 3.74. The normalized spacial score (nSPS) is 14.8. The van der Waals surface area contributed by atoms with Crippen molar-refractivity contribution in [2.75, 3.05) is 39.3 Å². The number of hydrogen-bond acceptors (Lipinski definition) is 5. The van der Waals surface area contributed by atoms with Gasteiger partial charge in [0.05, 0.1) is 4.92 Å². The zero-order valence-corrected chi connectivity index (χ0v) is 14.0. The van der Waals surface area contributed by atoms with Gasteiger partial charge in [-0.2, -0.15) is 0 Å². The highest BCUT2D eigenvalue weighted by Crippen LogP contribution is 2.19. The molecule has 0 saturated carbocycles. The molecule has 1 aliphatic heterocycles. The van der Waals surface area contributed by atoms with Crippen molar-refractivity contribution < 1.29 is 9.72 Å². The van der Waals surface area contributed by atoms with Crippen LogP contribution in [0.4, 0.5) is 5.69 Å². The van der Waals surface area contributed by atoms with Gasteiger partial charge < -0.3 is 15.5 Å². The number of amides is 1. The predicted molar refractivity (Wildman–Crippen MR) is 91.3 cm³/mol. The Hall–Kier alpha value is -1.70. The van der Waals surface area contributed by atoms with E-state index in [1.165, 1.54) is 6.07 Å². The van der Waals surface area contributed by atoms with E-state index < -0.39 is 4.92 Å². The van der Waals surface area contributed by atoms with E-state index in [0.29, 0.717) is 6.54 Å². The predicted octanol–water partition coefficient (Wildman–Crippen LogP) is 1.35. The van der Waals surface area contributed by atoms with Gasteiger partial charge in [-0.05, 0) is 31.5 Å². The first kappa shape index (κ1) is 19.3. The molecule has 0 aromatic heterocycles. The van der Waals surface area contributed by atoms with E-state index in [1.807, 2.05) is 6.92 Å². The molecule has 0 unspecified atom stereocenters. The molecule has 1 aromatic rings. The Morgan fingerprint density at radius 2 is 2.09 bits per heavy atom. The average molecular weight is 343 g/mol. The number of carbonyl (C=O) groups excluding carboxylic acids is 1. The molecule has 1 heterocycles. The Morgan fingerprint density at radius 3 is 2.74 bits per heavy atom. The number of aryl methyl sites for hydroxylation is 1. The van der Waals surface area contributed by atoms with Crippen LogP contribution in [0.15, 0.2) is 18.2 Å². The smallest absolute Gasteiger partial charge is 0.282 e. The van der Waals surface area contributed by atoms with E-state index in [1.54, 1.807) is 12.1 Å². The van der Waals surface area contributed by atoms with E-state index in [4.69, 9.17) is 0 Å². The Morgan fingerprint density at radius 1 is 1.39 bits per heavy atom. The highest BCUT2D eigenvalue weighted by Gasteiger charge is 2.19. The summed E-state index contributed by atoms with van der Waals surface area (Å²) in [6, 6.07) is 4.58. The minimum atomic E-state index is -0.519. The lowest BCUT2D eigenvalue weighted by Gasteiger charge is -2.27. The first-order chi connectivity index (χ1) is 10.6. The summed E-state index contributed by atoms with van der Waals surface area (Å²) in [6.45, 7) is 7.31. The summed E-state index contributed by atoms with van der Waals surface area (Å²) < 4.78 is 0. The number of benzene rings is 1. The number of rotatable bonds is 6. The molecule has 0 aliphatic carbocycles. The number of nitro benzene ring substituents is 1. The molecule has 23 heavy (non-hydrogen) atoms. The van der Waals surface area contributed by atoms with E-state index in [0.717, 1.165) is 44.7 Å². The van der Waals surface area contributed by atoms with Crippen LogP contribution in [-0.4, -0.2) is 55.0 Å². The SMILES string of the molecule is Cc1ccc([N+](=O)[O-])c(C(=O)NCCCN2CCNCC2)c1.Cl. The van der Waals surface area contributed by atoms with Crippen LogP contribution in [0.2, 0.25) is 0 Å². The van der Waals surface area contributed by atoms with Gasteiger partial charge in [-0.1, -0.05) is 6.07 Å². The van der Waals surface area contributed by atoms with E-state index in [2.05, 4.69) is 15.5 Å². The van der Waals surface area contributed by atoms with Crippen molar-refractivity contribution in [2.24, 2.45) is 0 Å². The molecule has 1 fully saturated rings. The van der Waals surface area contributed by atoms with Gasteiger partial charge in [0, 0.05) is 38.8 Å². The van der Waals surface area contributed by atoms with Gasteiger partial charge in [0.1, 0.15) is 5.56 Å². The number of hydrogen-bond donors (Lipinski definition) is 2. The fourth-order valence-electron chi connectivity index (χ4n) is 2.53. The summed E-state index contributed by atoms with van der Waals surface area (Å²) in [5.41, 5.74) is 0.814. The number of carbonyl (C=O) groups is 1. The Labute approximate surface area is 142 Å². The molecule has 0 atom stereocenters. The highest BCUT2D eigenvalue weighted by molar-refractivity contribution is 5.98. The number of nitro groups is 1. The van der Waals surface area contributed by atoms with Crippen LogP contribution in [-0.2, 0) is 0 Å². The standard InChI is InChI=1S/C15H22N4O3.ClH/c1-12-3-4-14(19(21)22)13(11-12)15(20)17-5-2-8-18-9-6-16-7-10-18;/h3-4,11,16H,2,5-10H2,1H3,(H,17,20);1H. The molecule has 2 N–H and O–H groups in total. The third-order valence-electron chi connectivity index (χ3n) is 3.74. The summed E-state index contributed by atoms with van der Waals surface area (Å²) in [6.07, 6.45) is 0.839. The van der Waals surface area contributed by atoms with E-state index >= 15 is 0 Å². The lowest BCUT2D eigenvalue weighted by Crippen LogP contribution is -2.44. The second-order valence-corrected chi connectivity index (χ2v) is 5.48. The van der Waals surface area contributed by atoms with Crippen LogP contribution < -0.4 is 10.6 Å². The molecule has 8 heteroatoms. The molecule has 7 nitrogen and oxygen atoms in total. The maximum Gasteiger partial charge on any atom is 0.282 e. The summed E-state index contributed by atoms with van der Waals surface area (Å²) in [7, 11) is 0. The summed E-state index contributed by atoms with van der Waals surface area (Å²) in [5.74, 6) is -0.379. The topological polar surface area (TPSA) is 87.5 Å². The summed E-state index contributed by atoms with van der Waals surface area (Å²) >= 11 is 0. The Kier molecular flexibility index (Phi) is 7.94. The fourth-order valence-corrected chi connectivity index (χ4v) is 2.53. The lowest BCUT2D eigenvalue weighted by molar-refractivity contribution is -0.385. The molecular formula is C15H23ClN4O3. The molecule has 1 aliphatic rings. The number of nitrogens with zero attached hydrogens (tertiary/aromatic N) is 2. The summed E-state index contributed by atoms with van der Waals surface area (Å²) in [4.78, 5) is 24.9. The van der Waals surface area contributed by atoms with Crippen LogP contribution in [0.5, 0.6) is 0 Å². The fraction of sp³-hybridized carbons (Fsp3) is 0.533. The monoisotopic (exact) mass is 342 g/mol. The highest BCUT2D eigenvalue weighted by atomic mass is 35.5. The zero-order valence-electron chi connectivity index (χ0n) is 13.2. The molecule has 128 valence electrons. The largest absolute Gasteiger partial charge is 0.352 e. The van der Waals surface area contributed by atoms with Crippen LogP contribution in [0, 0.1) is 17.0 Å². The zero-order chi connectivity index (χ0) is 15.9. The van der Waals surface area contributed by atoms with Crippen molar-refractivity contribution >= 4 is 24.0 Å². The van der Waals surface area contributed by atoms with E-state index in [-0.39, 0.29) is 29.6 Å². The molecule has 1 aromatic carbocycles. The second kappa shape index (κ2) is 9.44. The molecule has 1 saturated heterocycles. The van der Waals surface area contributed by atoms with Gasteiger partial charge in [0.15, 0.2) is 0 Å². The maximum absolute atomic E-state index is 12.1. The van der Waals surface area contributed by atoms with Gasteiger partial charge in [-0.15, -0.1) is 12.4 Å². The molecule has 0 bridgehead atoms. The van der Waals surface area contributed by atoms with Crippen molar-refractivity contribution in [1.82, 2.24) is 15.5 Å². The van der Waals surface area contributed by atoms with Crippen molar-refractivity contribution in [3.05, 3.63) is 39.4 Å². The van der Waals surface area contributed by atoms with Crippen molar-refractivity contribution in [1.29, 1.82) is 0 Å².